The molecule has 7 nitrogen and oxygen atoms in total. The third-order valence-corrected chi connectivity index (χ3v) is 6.28. The molecule has 4 rings (SSSR count). The van der Waals surface area contributed by atoms with Crippen LogP contribution in [0.1, 0.15) is 47.8 Å². The van der Waals surface area contributed by atoms with Gasteiger partial charge >= 0.3 is 12.1 Å². The highest BCUT2D eigenvalue weighted by molar-refractivity contribution is 5.87. The summed E-state index contributed by atoms with van der Waals surface area (Å²) in [7, 11) is 0. The summed E-state index contributed by atoms with van der Waals surface area (Å²) in [6, 6.07) is 4.81. The molecule has 0 radical (unpaired) electrons. The topological polar surface area (TPSA) is 84.8 Å². The molecule has 10 heteroatoms. The van der Waals surface area contributed by atoms with Gasteiger partial charge in [-0.3, -0.25) is 9.97 Å². The first kappa shape index (κ1) is 23.3. The van der Waals surface area contributed by atoms with Gasteiger partial charge in [-0.1, -0.05) is 0 Å². The van der Waals surface area contributed by atoms with Crippen molar-refractivity contribution >= 4 is 11.7 Å². The highest BCUT2D eigenvalue weighted by Gasteiger charge is 2.41. The predicted octanol–water partition coefficient (Wildman–Crippen LogP) is 4.50. The molecule has 1 N–H and O–H groups in total. The van der Waals surface area contributed by atoms with Crippen LogP contribution in [0.25, 0.3) is 0 Å². The van der Waals surface area contributed by atoms with Crippen molar-refractivity contribution in [1.29, 1.82) is 0 Å². The third-order valence-electron chi connectivity index (χ3n) is 6.28. The van der Waals surface area contributed by atoms with Gasteiger partial charge < -0.3 is 19.5 Å². The molecule has 33 heavy (non-hydrogen) atoms. The molecule has 1 aliphatic heterocycles. The molecule has 1 saturated carbocycles. The van der Waals surface area contributed by atoms with E-state index in [9.17, 15) is 23.1 Å². The number of carboxylic acids is 1. The number of aromatic carboxylic acids is 1. The van der Waals surface area contributed by atoms with Crippen molar-refractivity contribution in [3.05, 3.63) is 48.0 Å². The Bertz CT molecular complexity index is 964. The maximum Gasteiger partial charge on any atom is 0.391 e. The molecule has 1 atom stereocenters. The van der Waals surface area contributed by atoms with Crippen LogP contribution in [-0.4, -0.2) is 53.5 Å². The molecule has 2 aromatic rings. The van der Waals surface area contributed by atoms with Gasteiger partial charge in [0.25, 0.3) is 0 Å². The van der Waals surface area contributed by atoms with Crippen molar-refractivity contribution in [3.8, 4) is 5.75 Å². The summed E-state index contributed by atoms with van der Waals surface area (Å²) >= 11 is 0. The molecule has 0 aromatic carbocycles. The summed E-state index contributed by atoms with van der Waals surface area (Å²) in [5.41, 5.74) is 1.53. The number of hydrogen-bond donors (Lipinski definition) is 1. The van der Waals surface area contributed by atoms with Crippen LogP contribution in [0.2, 0.25) is 0 Å². The van der Waals surface area contributed by atoms with E-state index in [4.69, 9.17) is 9.47 Å². The van der Waals surface area contributed by atoms with E-state index in [1.54, 1.807) is 12.4 Å². The second-order valence-electron chi connectivity index (χ2n) is 8.53. The maximum atomic E-state index is 12.8. The molecule has 3 heterocycles. The van der Waals surface area contributed by atoms with Crippen molar-refractivity contribution < 1.29 is 32.5 Å². The molecule has 178 valence electrons. The van der Waals surface area contributed by atoms with Crippen LogP contribution >= 0.6 is 0 Å². The van der Waals surface area contributed by atoms with E-state index >= 15 is 0 Å². The summed E-state index contributed by atoms with van der Waals surface area (Å²) < 4.78 is 50.2. The molecular weight excluding hydrogens is 439 g/mol. The van der Waals surface area contributed by atoms with Gasteiger partial charge in [0, 0.05) is 18.8 Å². The predicted molar refractivity (Wildman–Crippen MR) is 113 cm³/mol. The lowest BCUT2D eigenvalue weighted by Gasteiger charge is -2.34. The highest BCUT2D eigenvalue weighted by Crippen LogP contribution is 2.39. The summed E-state index contributed by atoms with van der Waals surface area (Å²) in [6.45, 7) is 1.91. The lowest BCUT2D eigenvalue weighted by atomic mass is 9.82. The average Bonchev–Trinajstić information content (AvgIpc) is 2.83. The number of hydrogen-bond acceptors (Lipinski definition) is 6. The standard InChI is InChI=1S/C23H26F3N3O4/c24-23(25,26)17-3-1-15(2-4-17)14-33-19-10-18(11-27-12-19)29-7-8-32-21(13-29)20-9-16(22(30)31)5-6-28-20/h5-6,9-12,15,17,21H,1-4,7-8,13-14H2,(H,30,31). The van der Waals surface area contributed by atoms with Crippen molar-refractivity contribution in [2.45, 2.75) is 38.0 Å². The molecular formula is C23H26F3N3O4. The lowest BCUT2D eigenvalue weighted by molar-refractivity contribution is -0.184. The number of pyridine rings is 2. The van der Waals surface area contributed by atoms with E-state index in [1.807, 2.05) is 6.07 Å². The second kappa shape index (κ2) is 9.94. The Kier molecular flexibility index (Phi) is 7.02. The number of ether oxygens (including phenoxy) is 2. The number of nitrogens with zero attached hydrogens (tertiary/aromatic N) is 3. The summed E-state index contributed by atoms with van der Waals surface area (Å²) in [5, 5.41) is 9.21. The van der Waals surface area contributed by atoms with Crippen LogP contribution in [0.4, 0.5) is 18.9 Å². The second-order valence-corrected chi connectivity index (χ2v) is 8.53. The van der Waals surface area contributed by atoms with Crippen LogP contribution in [0, 0.1) is 11.8 Å². The van der Waals surface area contributed by atoms with E-state index < -0.39 is 18.1 Å². The minimum atomic E-state index is -4.11. The smallest absolute Gasteiger partial charge is 0.391 e. The summed E-state index contributed by atoms with van der Waals surface area (Å²) in [5.74, 6) is -1.54. The van der Waals surface area contributed by atoms with Crippen LogP contribution < -0.4 is 9.64 Å². The Morgan fingerprint density at radius 3 is 2.73 bits per heavy atom. The minimum Gasteiger partial charge on any atom is -0.492 e. The maximum absolute atomic E-state index is 12.8. The van der Waals surface area contributed by atoms with Crippen molar-refractivity contribution in [1.82, 2.24) is 9.97 Å². The molecule has 0 amide bonds. The fourth-order valence-corrected chi connectivity index (χ4v) is 4.35. The Labute approximate surface area is 189 Å². The van der Waals surface area contributed by atoms with Gasteiger partial charge in [0.15, 0.2) is 0 Å². The van der Waals surface area contributed by atoms with Gasteiger partial charge in [-0.05, 0) is 43.7 Å². The Hall–Kier alpha value is -2.88. The minimum absolute atomic E-state index is 0.104. The Balaban J connectivity index is 1.35. The van der Waals surface area contributed by atoms with E-state index in [1.165, 1.54) is 18.3 Å². The van der Waals surface area contributed by atoms with Crippen molar-refractivity contribution in [2.24, 2.45) is 11.8 Å². The third kappa shape index (κ3) is 5.93. The molecule has 0 bridgehead atoms. The molecule has 2 fully saturated rings. The van der Waals surface area contributed by atoms with Gasteiger partial charge in [-0.25, -0.2) is 4.79 Å². The SMILES string of the molecule is O=C(O)c1ccnc(C2CN(c3cncc(OCC4CCC(C(F)(F)F)CC4)c3)CCO2)c1. The monoisotopic (exact) mass is 465 g/mol. The van der Waals surface area contributed by atoms with E-state index in [0.29, 0.717) is 50.6 Å². The number of carboxylic acid groups (broad SMARTS) is 1. The first-order valence-corrected chi connectivity index (χ1v) is 11.0. The van der Waals surface area contributed by atoms with Crippen LogP contribution in [0.5, 0.6) is 5.75 Å². The molecule has 0 spiro atoms. The first-order chi connectivity index (χ1) is 15.8. The number of anilines is 1. The zero-order chi connectivity index (χ0) is 23.4. The zero-order valence-electron chi connectivity index (χ0n) is 18.0. The van der Waals surface area contributed by atoms with Crippen molar-refractivity contribution in [2.75, 3.05) is 31.2 Å². The van der Waals surface area contributed by atoms with E-state index in [0.717, 1.165) is 5.69 Å². The Morgan fingerprint density at radius 2 is 2.00 bits per heavy atom. The number of rotatable bonds is 6. The molecule has 1 unspecified atom stereocenters. The average molecular weight is 465 g/mol. The molecule has 1 saturated heterocycles. The van der Waals surface area contributed by atoms with Gasteiger partial charge in [0.05, 0.1) is 55.0 Å². The van der Waals surface area contributed by atoms with Crippen LogP contribution in [0.15, 0.2) is 36.8 Å². The van der Waals surface area contributed by atoms with Crippen LogP contribution in [-0.2, 0) is 4.74 Å². The summed E-state index contributed by atoms with van der Waals surface area (Å²) in [4.78, 5) is 21.8. The summed E-state index contributed by atoms with van der Waals surface area (Å²) in [6.07, 6.45) is 1.60. The fourth-order valence-electron chi connectivity index (χ4n) is 4.35. The van der Waals surface area contributed by atoms with Crippen molar-refractivity contribution in [3.63, 3.8) is 0 Å². The van der Waals surface area contributed by atoms with Gasteiger partial charge in [0.2, 0.25) is 0 Å². The van der Waals surface area contributed by atoms with Gasteiger partial charge in [-0.2, -0.15) is 13.2 Å². The Morgan fingerprint density at radius 1 is 1.21 bits per heavy atom. The number of aromatic nitrogens is 2. The van der Waals surface area contributed by atoms with Crippen LogP contribution in [0.3, 0.4) is 0 Å². The number of halogens is 3. The first-order valence-electron chi connectivity index (χ1n) is 11.0. The number of carbonyl (C=O) groups is 1. The molecule has 1 aliphatic carbocycles. The molecule has 2 aliphatic rings. The quantitative estimate of drug-likeness (QED) is 0.672. The van der Waals surface area contributed by atoms with Gasteiger partial charge in [-0.15, -0.1) is 0 Å². The van der Waals surface area contributed by atoms with E-state index in [-0.39, 0.29) is 30.4 Å². The fraction of sp³-hybridized carbons (Fsp3) is 0.522. The molecule has 2 aromatic heterocycles. The number of morpholine rings is 1. The largest absolute Gasteiger partial charge is 0.492 e. The highest BCUT2D eigenvalue weighted by atomic mass is 19.4. The normalized spacial score (nSPS) is 23.8. The van der Waals surface area contributed by atoms with E-state index in [2.05, 4.69) is 14.9 Å². The zero-order valence-corrected chi connectivity index (χ0v) is 18.0. The van der Waals surface area contributed by atoms with Gasteiger partial charge in [0.1, 0.15) is 11.9 Å². The lowest BCUT2D eigenvalue weighted by Crippen LogP contribution is -2.38. The number of alkyl halides is 3.